The predicted molar refractivity (Wildman–Crippen MR) is 63.9 cm³/mol. The Morgan fingerprint density at radius 1 is 1.53 bits per heavy atom. The molecule has 17 heavy (non-hydrogen) atoms. The number of amides is 2. The van der Waals surface area contributed by atoms with Crippen LogP contribution in [0.5, 0.6) is 0 Å². The van der Waals surface area contributed by atoms with E-state index in [4.69, 9.17) is 6.42 Å². The van der Waals surface area contributed by atoms with Crippen molar-refractivity contribution < 1.29 is 9.59 Å². The molecule has 0 aromatic rings. The van der Waals surface area contributed by atoms with E-state index < -0.39 is 0 Å². The molecule has 0 radical (unpaired) electrons. The highest BCUT2D eigenvalue weighted by Crippen LogP contribution is 2.34. The van der Waals surface area contributed by atoms with E-state index in [1.54, 1.807) is 4.90 Å². The molecule has 1 saturated carbocycles. The fraction of sp³-hybridized carbons (Fsp3) is 0.692. The van der Waals surface area contributed by atoms with E-state index in [-0.39, 0.29) is 23.9 Å². The highest BCUT2D eigenvalue weighted by atomic mass is 16.2. The fourth-order valence-corrected chi connectivity index (χ4v) is 2.30. The molecule has 1 aliphatic heterocycles. The lowest BCUT2D eigenvalue weighted by atomic mass is 10.1. The Bertz CT molecular complexity index is 368. The molecule has 2 atom stereocenters. The van der Waals surface area contributed by atoms with Gasteiger partial charge in [-0.25, -0.2) is 0 Å². The van der Waals surface area contributed by atoms with Crippen LogP contribution in [0.15, 0.2) is 0 Å². The monoisotopic (exact) mass is 234 g/mol. The van der Waals surface area contributed by atoms with Crippen LogP contribution in [0.2, 0.25) is 0 Å². The van der Waals surface area contributed by atoms with Gasteiger partial charge in [-0.3, -0.25) is 9.59 Å². The predicted octanol–water partition coefficient (Wildman–Crippen LogP) is 0.525. The van der Waals surface area contributed by atoms with Crippen LogP contribution >= 0.6 is 0 Å². The van der Waals surface area contributed by atoms with E-state index >= 15 is 0 Å². The summed E-state index contributed by atoms with van der Waals surface area (Å²) in [5.41, 5.74) is 0. The molecule has 1 N–H and O–H groups in total. The zero-order valence-corrected chi connectivity index (χ0v) is 10.1. The minimum atomic E-state index is -0.340. The third-order valence-electron chi connectivity index (χ3n) is 3.49. The van der Waals surface area contributed by atoms with E-state index in [1.807, 2.05) is 6.92 Å². The second-order valence-corrected chi connectivity index (χ2v) is 4.75. The van der Waals surface area contributed by atoms with Crippen molar-refractivity contribution in [2.75, 3.05) is 6.54 Å². The molecule has 4 nitrogen and oxygen atoms in total. The Hall–Kier alpha value is -1.50. The molecule has 2 unspecified atom stereocenters. The van der Waals surface area contributed by atoms with Crippen molar-refractivity contribution in [3.05, 3.63) is 0 Å². The summed E-state index contributed by atoms with van der Waals surface area (Å²) in [5, 5.41) is 2.82. The zero-order chi connectivity index (χ0) is 12.4. The van der Waals surface area contributed by atoms with Crippen molar-refractivity contribution in [2.45, 2.75) is 44.7 Å². The summed E-state index contributed by atoms with van der Waals surface area (Å²) in [7, 11) is 0. The number of carbonyl (C=O) groups is 2. The molecule has 1 saturated heterocycles. The second kappa shape index (κ2) is 4.79. The summed E-state index contributed by atoms with van der Waals surface area (Å²) >= 11 is 0. The first-order valence-electron chi connectivity index (χ1n) is 6.23. The number of hydrogen-bond acceptors (Lipinski definition) is 2. The Kier molecular flexibility index (Phi) is 3.37. The molecule has 2 fully saturated rings. The number of hydrogen-bond donors (Lipinski definition) is 1. The minimum Gasteiger partial charge on any atom is -0.344 e. The number of carbonyl (C=O) groups excluding carboxylic acids is 2. The summed E-state index contributed by atoms with van der Waals surface area (Å²) in [6.07, 6.45) is 8.58. The number of nitrogens with zero attached hydrogens (tertiary/aromatic N) is 1. The summed E-state index contributed by atoms with van der Waals surface area (Å²) in [6, 6.07) is -0.524. The van der Waals surface area contributed by atoms with Crippen LogP contribution in [-0.2, 0) is 9.59 Å². The van der Waals surface area contributed by atoms with Crippen LogP contribution in [0.4, 0.5) is 0 Å². The molecule has 2 amide bonds. The lowest BCUT2D eigenvalue weighted by molar-refractivity contribution is -0.135. The first kappa shape index (κ1) is 12.0. The lowest BCUT2D eigenvalue weighted by Crippen LogP contribution is -2.49. The van der Waals surface area contributed by atoms with Crippen molar-refractivity contribution in [1.82, 2.24) is 10.2 Å². The molecule has 2 aliphatic rings. The van der Waals surface area contributed by atoms with Crippen LogP contribution in [0, 0.1) is 18.3 Å². The van der Waals surface area contributed by atoms with E-state index in [0.29, 0.717) is 18.9 Å². The SMILES string of the molecule is C#CC(CC)N1CCC(=O)NC(C2CC2)C1=O. The quantitative estimate of drug-likeness (QED) is 0.724. The molecule has 4 heteroatoms. The van der Waals surface area contributed by atoms with E-state index in [2.05, 4.69) is 11.2 Å². The number of nitrogens with one attached hydrogen (secondary N) is 1. The maximum Gasteiger partial charge on any atom is 0.246 e. The first-order chi connectivity index (χ1) is 8.17. The average Bonchev–Trinajstić information content (AvgIpc) is 3.14. The van der Waals surface area contributed by atoms with Crippen LogP contribution in [0.25, 0.3) is 0 Å². The van der Waals surface area contributed by atoms with Gasteiger partial charge in [0.2, 0.25) is 11.8 Å². The summed E-state index contributed by atoms with van der Waals surface area (Å²) < 4.78 is 0. The van der Waals surface area contributed by atoms with Gasteiger partial charge < -0.3 is 10.2 Å². The van der Waals surface area contributed by atoms with Gasteiger partial charge in [0.1, 0.15) is 6.04 Å². The van der Waals surface area contributed by atoms with Gasteiger partial charge >= 0.3 is 0 Å². The number of rotatable bonds is 3. The van der Waals surface area contributed by atoms with Gasteiger partial charge in [-0.1, -0.05) is 12.8 Å². The summed E-state index contributed by atoms with van der Waals surface area (Å²) in [6.45, 7) is 2.40. The third kappa shape index (κ3) is 2.44. The highest BCUT2D eigenvalue weighted by molar-refractivity contribution is 5.90. The normalized spacial score (nSPS) is 27.1. The minimum absolute atomic E-state index is 0.00292. The highest BCUT2D eigenvalue weighted by Gasteiger charge is 2.42. The number of terminal acetylenes is 1. The standard InChI is InChI=1S/C13H18N2O2/c1-3-10(4-2)15-8-7-11(16)14-12(13(15)17)9-5-6-9/h1,9-10,12H,4-8H2,2H3,(H,14,16). The van der Waals surface area contributed by atoms with Gasteiger partial charge in [0.05, 0.1) is 6.04 Å². The smallest absolute Gasteiger partial charge is 0.246 e. The van der Waals surface area contributed by atoms with Crippen molar-refractivity contribution in [2.24, 2.45) is 5.92 Å². The van der Waals surface area contributed by atoms with Gasteiger partial charge in [-0.05, 0) is 25.2 Å². The molecule has 0 spiro atoms. The molecular formula is C13H18N2O2. The van der Waals surface area contributed by atoms with Crippen LogP contribution in [0.1, 0.15) is 32.6 Å². The fourth-order valence-electron chi connectivity index (χ4n) is 2.30. The van der Waals surface area contributed by atoms with E-state index in [9.17, 15) is 9.59 Å². The third-order valence-corrected chi connectivity index (χ3v) is 3.49. The molecule has 1 heterocycles. The maximum absolute atomic E-state index is 12.3. The van der Waals surface area contributed by atoms with E-state index in [1.165, 1.54) is 0 Å². The topological polar surface area (TPSA) is 49.4 Å². The Balaban J connectivity index is 2.17. The van der Waals surface area contributed by atoms with Crippen LogP contribution < -0.4 is 5.32 Å². The van der Waals surface area contributed by atoms with Crippen LogP contribution in [-0.4, -0.2) is 35.3 Å². The van der Waals surface area contributed by atoms with Gasteiger partial charge in [-0.15, -0.1) is 6.42 Å². The van der Waals surface area contributed by atoms with Gasteiger partial charge in [-0.2, -0.15) is 0 Å². The molecule has 0 aromatic heterocycles. The molecule has 1 aliphatic carbocycles. The summed E-state index contributed by atoms with van der Waals surface area (Å²) in [5.74, 6) is 2.93. The molecule has 2 rings (SSSR count). The summed E-state index contributed by atoms with van der Waals surface area (Å²) in [4.78, 5) is 25.6. The van der Waals surface area contributed by atoms with Gasteiger partial charge in [0, 0.05) is 13.0 Å². The molecule has 0 bridgehead atoms. The Morgan fingerprint density at radius 3 is 2.76 bits per heavy atom. The first-order valence-corrected chi connectivity index (χ1v) is 6.23. The molecule has 0 aromatic carbocycles. The lowest BCUT2D eigenvalue weighted by Gasteiger charge is -2.28. The van der Waals surface area contributed by atoms with Crippen molar-refractivity contribution in [1.29, 1.82) is 0 Å². The van der Waals surface area contributed by atoms with Gasteiger partial charge in [0.25, 0.3) is 0 Å². The van der Waals surface area contributed by atoms with Crippen molar-refractivity contribution >= 4 is 11.8 Å². The van der Waals surface area contributed by atoms with Crippen molar-refractivity contribution in [3.8, 4) is 12.3 Å². The molecule has 92 valence electrons. The Morgan fingerprint density at radius 2 is 2.24 bits per heavy atom. The Labute approximate surface area is 102 Å². The molecular weight excluding hydrogens is 216 g/mol. The second-order valence-electron chi connectivity index (χ2n) is 4.75. The van der Waals surface area contributed by atoms with Gasteiger partial charge in [0.15, 0.2) is 0 Å². The zero-order valence-electron chi connectivity index (χ0n) is 10.1. The largest absolute Gasteiger partial charge is 0.344 e. The van der Waals surface area contributed by atoms with Crippen molar-refractivity contribution in [3.63, 3.8) is 0 Å². The maximum atomic E-state index is 12.3. The average molecular weight is 234 g/mol. The van der Waals surface area contributed by atoms with E-state index in [0.717, 1.165) is 19.3 Å². The van der Waals surface area contributed by atoms with Crippen LogP contribution in [0.3, 0.4) is 0 Å².